The number of nitrogens with zero attached hydrogens (tertiary/aromatic N) is 3. The monoisotopic (exact) mass is 443 g/mol. The van der Waals surface area contributed by atoms with Gasteiger partial charge in [0.15, 0.2) is 0 Å². The van der Waals surface area contributed by atoms with Crippen LogP contribution in [0, 0.1) is 5.92 Å². The van der Waals surface area contributed by atoms with Crippen molar-refractivity contribution in [3.8, 4) is 5.75 Å². The van der Waals surface area contributed by atoms with E-state index in [1.165, 1.54) is 5.01 Å². The maximum atomic E-state index is 13.3. The van der Waals surface area contributed by atoms with Crippen LogP contribution in [0.1, 0.15) is 36.8 Å². The van der Waals surface area contributed by atoms with E-state index >= 15 is 0 Å². The van der Waals surface area contributed by atoms with Crippen molar-refractivity contribution in [2.45, 2.75) is 26.3 Å². The highest BCUT2D eigenvalue weighted by molar-refractivity contribution is 7.12. The summed E-state index contributed by atoms with van der Waals surface area (Å²) in [6.07, 6.45) is 0.620. The van der Waals surface area contributed by atoms with Crippen LogP contribution in [0.25, 0.3) is 0 Å². The lowest BCUT2D eigenvalue weighted by atomic mass is 10.0. The van der Waals surface area contributed by atoms with Gasteiger partial charge < -0.3 is 14.4 Å². The molecule has 166 valence electrons. The maximum Gasteiger partial charge on any atom is 0.262 e. The van der Waals surface area contributed by atoms with Crippen LogP contribution in [0.2, 0.25) is 0 Å². The molecule has 0 saturated heterocycles. The van der Waals surface area contributed by atoms with E-state index in [9.17, 15) is 9.59 Å². The average Bonchev–Trinajstić information content (AvgIpc) is 3.46. The SMILES string of the molecule is COCCN(CC(=O)N1N=C(c2cccs2)CC1c1ccc(OC)cc1)C(=O)C(C)C. The van der Waals surface area contributed by atoms with Crippen LogP contribution in [0.3, 0.4) is 0 Å². The largest absolute Gasteiger partial charge is 0.497 e. The van der Waals surface area contributed by atoms with E-state index in [2.05, 4.69) is 5.10 Å². The van der Waals surface area contributed by atoms with E-state index in [-0.39, 0.29) is 30.3 Å². The Morgan fingerprint density at radius 3 is 2.55 bits per heavy atom. The van der Waals surface area contributed by atoms with E-state index in [1.807, 2.05) is 55.6 Å². The number of hydrogen-bond donors (Lipinski definition) is 0. The third-order valence-electron chi connectivity index (χ3n) is 5.17. The molecule has 1 aromatic carbocycles. The van der Waals surface area contributed by atoms with Crippen LogP contribution in [-0.4, -0.2) is 61.4 Å². The highest BCUT2D eigenvalue weighted by atomic mass is 32.1. The summed E-state index contributed by atoms with van der Waals surface area (Å²) in [5.41, 5.74) is 1.85. The third kappa shape index (κ3) is 5.51. The number of amides is 2. The minimum absolute atomic E-state index is 0.0335. The number of ether oxygens (including phenoxy) is 2. The van der Waals surface area contributed by atoms with Gasteiger partial charge in [0.1, 0.15) is 12.3 Å². The molecule has 0 aliphatic carbocycles. The Balaban J connectivity index is 1.86. The summed E-state index contributed by atoms with van der Waals surface area (Å²) < 4.78 is 10.4. The Bertz CT molecular complexity index is 909. The highest BCUT2D eigenvalue weighted by Crippen LogP contribution is 2.34. The molecular formula is C23H29N3O4S. The van der Waals surface area contributed by atoms with Crippen LogP contribution in [0.5, 0.6) is 5.75 Å². The molecule has 1 aromatic heterocycles. The molecule has 1 aliphatic rings. The molecule has 7 nitrogen and oxygen atoms in total. The number of hydrogen-bond acceptors (Lipinski definition) is 6. The molecule has 2 aromatic rings. The summed E-state index contributed by atoms with van der Waals surface area (Å²) in [5, 5.41) is 8.21. The van der Waals surface area contributed by atoms with E-state index in [0.717, 1.165) is 21.9 Å². The molecule has 3 rings (SSSR count). The van der Waals surface area contributed by atoms with Gasteiger partial charge in [0.25, 0.3) is 5.91 Å². The van der Waals surface area contributed by atoms with Crippen molar-refractivity contribution >= 4 is 28.9 Å². The van der Waals surface area contributed by atoms with Gasteiger partial charge in [-0.3, -0.25) is 9.59 Å². The van der Waals surface area contributed by atoms with Crippen molar-refractivity contribution in [2.24, 2.45) is 11.0 Å². The van der Waals surface area contributed by atoms with Crippen LogP contribution in [0.15, 0.2) is 46.9 Å². The molecule has 1 aliphatic heterocycles. The number of rotatable bonds is 9. The zero-order valence-corrected chi connectivity index (χ0v) is 19.2. The van der Waals surface area contributed by atoms with Gasteiger partial charge in [-0.05, 0) is 29.1 Å². The molecule has 0 fully saturated rings. The van der Waals surface area contributed by atoms with Crippen LogP contribution in [0.4, 0.5) is 0 Å². The van der Waals surface area contributed by atoms with Gasteiger partial charge in [-0.2, -0.15) is 5.10 Å². The number of carbonyl (C=O) groups excluding carboxylic acids is 2. The first-order valence-electron chi connectivity index (χ1n) is 10.3. The Kier molecular flexibility index (Phi) is 7.81. The van der Waals surface area contributed by atoms with Crippen LogP contribution >= 0.6 is 11.3 Å². The van der Waals surface area contributed by atoms with Gasteiger partial charge >= 0.3 is 0 Å². The number of benzene rings is 1. The number of hydrazone groups is 1. The van der Waals surface area contributed by atoms with Crippen molar-refractivity contribution in [3.63, 3.8) is 0 Å². The van der Waals surface area contributed by atoms with Crippen molar-refractivity contribution in [1.29, 1.82) is 0 Å². The number of methoxy groups -OCH3 is 2. The van der Waals surface area contributed by atoms with E-state index < -0.39 is 0 Å². The predicted octanol–water partition coefficient (Wildman–Crippen LogP) is 3.57. The molecule has 8 heteroatoms. The fourth-order valence-corrected chi connectivity index (χ4v) is 4.21. The van der Waals surface area contributed by atoms with Gasteiger partial charge in [-0.1, -0.05) is 32.0 Å². The molecule has 0 saturated carbocycles. The molecule has 0 bridgehead atoms. The second-order valence-electron chi connectivity index (χ2n) is 7.66. The quantitative estimate of drug-likeness (QED) is 0.594. The minimum Gasteiger partial charge on any atom is -0.497 e. The van der Waals surface area contributed by atoms with Gasteiger partial charge in [0.05, 0.1) is 30.3 Å². The van der Waals surface area contributed by atoms with E-state index in [0.29, 0.717) is 19.6 Å². The molecule has 2 heterocycles. The van der Waals surface area contributed by atoms with Gasteiger partial charge in [-0.25, -0.2) is 5.01 Å². The molecule has 2 amide bonds. The fourth-order valence-electron chi connectivity index (χ4n) is 3.49. The van der Waals surface area contributed by atoms with E-state index in [4.69, 9.17) is 9.47 Å². The second-order valence-corrected chi connectivity index (χ2v) is 8.61. The highest BCUT2D eigenvalue weighted by Gasteiger charge is 2.34. The fraction of sp³-hybridized carbons (Fsp3) is 0.435. The topological polar surface area (TPSA) is 71.4 Å². The third-order valence-corrected chi connectivity index (χ3v) is 6.09. The first-order chi connectivity index (χ1) is 14.9. The standard InChI is InChI=1S/C23H29N3O4S/c1-16(2)23(28)25(11-12-29-3)15-22(27)26-20(17-7-9-18(30-4)10-8-17)14-19(24-26)21-6-5-13-31-21/h5-10,13,16,20H,11-12,14-15H2,1-4H3. The maximum absolute atomic E-state index is 13.3. The zero-order valence-electron chi connectivity index (χ0n) is 18.4. The van der Waals surface area contributed by atoms with Gasteiger partial charge in [-0.15, -0.1) is 11.3 Å². The summed E-state index contributed by atoms with van der Waals surface area (Å²) in [6.45, 7) is 4.36. The number of carbonyl (C=O) groups is 2. The lowest BCUT2D eigenvalue weighted by molar-refractivity contribution is -0.143. The molecule has 0 N–H and O–H groups in total. The van der Waals surface area contributed by atoms with Crippen LogP contribution < -0.4 is 4.74 Å². The molecular weight excluding hydrogens is 414 g/mol. The molecule has 0 radical (unpaired) electrons. The summed E-state index contributed by atoms with van der Waals surface area (Å²) in [5.74, 6) is 0.267. The van der Waals surface area contributed by atoms with Crippen molar-refractivity contribution < 1.29 is 19.1 Å². The van der Waals surface area contributed by atoms with Crippen molar-refractivity contribution in [2.75, 3.05) is 33.9 Å². The molecule has 1 unspecified atom stereocenters. The first-order valence-corrected chi connectivity index (χ1v) is 11.2. The molecule has 1 atom stereocenters. The van der Waals surface area contributed by atoms with Crippen molar-refractivity contribution in [1.82, 2.24) is 9.91 Å². The Morgan fingerprint density at radius 2 is 1.97 bits per heavy atom. The zero-order chi connectivity index (χ0) is 22.4. The second kappa shape index (κ2) is 10.5. The Morgan fingerprint density at radius 1 is 1.23 bits per heavy atom. The normalized spacial score (nSPS) is 15.8. The Hall–Kier alpha value is -2.71. The smallest absolute Gasteiger partial charge is 0.262 e. The first kappa shape index (κ1) is 23.0. The molecule has 31 heavy (non-hydrogen) atoms. The number of thiophene rings is 1. The summed E-state index contributed by atoms with van der Waals surface area (Å²) in [4.78, 5) is 28.6. The Labute approximate surface area is 187 Å². The average molecular weight is 444 g/mol. The predicted molar refractivity (Wildman–Crippen MR) is 121 cm³/mol. The summed E-state index contributed by atoms with van der Waals surface area (Å²) >= 11 is 1.60. The van der Waals surface area contributed by atoms with Crippen LogP contribution in [-0.2, 0) is 14.3 Å². The van der Waals surface area contributed by atoms with Gasteiger partial charge in [0, 0.05) is 26.0 Å². The minimum atomic E-state index is -0.228. The summed E-state index contributed by atoms with van der Waals surface area (Å²) in [6, 6.07) is 11.4. The lowest BCUT2D eigenvalue weighted by Gasteiger charge is -2.28. The van der Waals surface area contributed by atoms with E-state index in [1.54, 1.807) is 30.5 Å². The van der Waals surface area contributed by atoms with Gasteiger partial charge in [0.2, 0.25) is 5.91 Å². The van der Waals surface area contributed by atoms with Crippen molar-refractivity contribution in [3.05, 3.63) is 52.2 Å². The molecule has 0 spiro atoms. The lowest BCUT2D eigenvalue weighted by Crippen LogP contribution is -2.44. The summed E-state index contributed by atoms with van der Waals surface area (Å²) in [7, 11) is 3.20.